The lowest BCUT2D eigenvalue weighted by Gasteiger charge is -2.19. The van der Waals surface area contributed by atoms with E-state index in [4.69, 9.17) is 4.74 Å². The number of piperidine rings is 1. The predicted octanol–water partition coefficient (Wildman–Crippen LogP) is 1.55. The summed E-state index contributed by atoms with van der Waals surface area (Å²) in [6, 6.07) is 2.07. The van der Waals surface area contributed by atoms with Crippen LogP contribution in [0, 0.1) is 11.8 Å². The molecule has 2 heterocycles. The number of pyridine rings is 1. The Morgan fingerprint density at radius 1 is 1.36 bits per heavy atom. The van der Waals surface area contributed by atoms with Gasteiger partial charge in [0.2, 0.25) is 0 Å². The van der Waals surface area contributed by atoms with Crippen LogP contribution in [0.3, 0.4) is 0 Å². The van der Waals surface area contributed by atoms with Gasteiger partial charge >= 0.3 is 0 Å². The zero-order valence-electron chi connectivity index (χ0n) is 8.31. The summed E-state index contributed by atoms with van der Waals surface area (Å²) in [6.07, 6.45) is 5.11. The summed E-state index contributed by atoms with van der Waals surface area (Å²) in [5.74, 6) is 2.77. The van der Waals surface area contributed by atoms with Crippen LogP contribution in [0.1, 0.15) is 6.42 Å². The molecule has 74 valence electrons. The molecule has 3 nitrogen and oxygen atoms in total. The highest BCUT2D eigenvalue weighted by atomic mass is 16.5. The van der Waals surface area contributed by atoms with Gasteiger partial charge in [0.25, 0.3) is 0 Å². The lowest BCUT2D eigenvalue weighted by molar-refractivity contribution is 0.413. The molecule has 1 aromatic heterocycles. The lowest BCUT2D eigenvalue weighted by atomic mass is 10.3. The molecule has 1 aliphatic carbocycles. The van der Waals surface area contributed by atoms with E-state index in [1.54, 1.807) is 13.3 Å². The van der Waals surface area contributed by atoms with Crippen LogP contribution in [0.15, 0.2) is 18.5 Å². The van der Waals surface area contributed by atoms with Crippen molar-refractivity contribution in [1.29, 1.82) is 0 Å². The Kier molecular flexibility index (Phi) is 1.66. The standard InChI is InChI=1S/C11H14N2O/c1-14-11-3-10(4-12-5-11)13-6-8-2-9(8)7-13/h3-5,8-9H,2,6-7H2,1H3. The summed E-state index contributed by atoms with van der Waals surface area (Å²) in [7, 11) is 1.68. The summed E-state index contributed by atoms with van der Waals surface area (Å²) in [5.41, 5.74) is 1.21. The molecule has 0 amide bonds. The van der Waals surface area contributed by atoms with Gasteiger partial charge < -0.3 is 9.64 Å². The third-order valence-electron chi connectivity index (χ3n) is 3.28. The zero-order chi connectivity index (χ0) is 9.54. The number of methoxy groups -OCH3 is 1. The van der Waals surface area contributed by atoms with Gasteiger partial charge in [0.05, 0.1) is 25.2 Å². The number of ether oxygens (including phenoxy) is 1. The molecule has 2 unspecified atom stereocenters. The van der Waals surface area contributed by atoms with Gasteiger partial charge in [0, 0.05) is 19.2 Å². The van der Waals surface area contributed by atoms with Crippen LogP contribution >= 0.6 is 0 Å². The smallest absolute Gasteiger partial charge is 0.139 e. The van der Waals surface area contributed by atoms with Crippen LogP contribution in [0.25, 0.3) is 0 Å². The normalized spacial score (nSPS) is 28.8. The third-order valence-corrected chi connectivity index (χ3v) is 3.28. The fraction of sp³-hybridized carbons (Fsp3) is 0.545. The molecule has 0 spiro atoms. The van der Waals surface area contributed by atoms with Crippen molar-refractivity contribution >= 4 is 5.69 Å². The minimum atomic E-state index is 0.850. The molecule has 0 N–H and O–H groups in total. The highest BCUT2D eigenvalue weighted by Crippen LogP contribution is 2.46. The van der Waals surface area contributed by atoms with Gasteiger partial charge in [-0.05, 0) is 18.3 Å². The first-order chi connectivity index (χ1) is 6.86. The van der Waals surface area contributed by atoms with E-state index in [0.717, 1.165) is 17.6 Å². The SMILES string of the molecule is COc1cncc(N2CC3CC3C2)c1. The summed E-state index contributed by atoms with van der Waals surface area (Å²) < 4.78 is 5.16. The maximum Gasteiger partial charge on any atom is 0.139 e. The van der Waals surface area contributed by atoms with Crippen LogP contribution in [-0.2, 0) is 0 Å². The van der Waals surface area contributed by atoms with Crippen molar-refractivity contribution in [3.8, 4) is 5.75 Å². The Morgan fingerprint density at radius 3 is 2.86 bits per heavy atom. The molecule has 3 rings (SSSR count). The molecule has 1 saturated carbocycles. The number of fused-ring (bicyclic) bond motifs is 1. The van der Waals surface area contributed by atoms with Crippen molar-refractivity contribution in [2.75, 3.05) is 25.1 Å². The quantitative estimate of drug-likeness (QED) is 0.707. The van der Waals surface area contributed by atoms with Gasteiger partial charge in [-0.2, -0.15) is 0 Å². The number of hydrogen-bond donors (Lipinski definition) is 0. The van der Waals surface area contributed by atoms with Crippen molar-refractivity contribution in [1.82, 2.24) is 4.98 Å². The number of anilines is 1. The first-order valence-electron chi connectivity index (χ1n) is 5.11. The zero-order valence-corrected chi connectivity index (χ0v) is 8.31. The molecule has 2 fully saturated rings. The van der Waals surface area contributed by atoms with E-state index >= 15 is 0 Å². The molecule has 1 aromatic rings. The summed E-state index contributed by atoms with van der Waals surface area (Å²) in [5, 5.41) is 0. The highest BCUT2D eigenvalue weighted by molar-refractivity contribution is 5.50. The van der Waals surface area contributed by atoms with E-state index in [2.05, 4.69) is 16.0 Å². The average Bonchev–Trinajstić information content (AvgIpc) is 2.86. The lowest BCUT2D eigenvalue weighted by Crippen LogP contribution is -2.21. The van der Waals surface area contributed by atoms with Gasteiger partial charge in [-0.15, -0.1) is 0 Å². The average molecular weight is 190 g/mol. The second-order valence-electron chi connectivity index (χ2n) is 4.24. The van der Waals surface area contributed by atoms with Crippen LogP contribution in [0.5, 0.6) is 5.75 Å². The van der Waals surface area contributed by atoms with Gasteiger partial charge in [0.15, 0.2) is 0 Å². The topological polar surface area (TPSA) is 25.4 Å². The molecule has 0 aromatic carbocycles. The summed E-state index contributed by atoms with van der Waals surface area (Å²) in [6.45, 7) is 2.42. The minimum absolute atomic E-state index is 0.850. The molecular formula is C11H14N2O. The Hall–Kier alpha value is -1.25. The third kappa shape index (κ3) is 1.24. The first kappa shape index (κ1) is 8.09. The van der Waals surface area contributed by atoms with Crippen molar-refractivity contribution < 1.29 is 4.74 Å². The molecule has 2 aliphatic rings. The van der Waals surface area contributed by atoms with Crippen LogP contribution in [0.2, 0.25) is 0 Å². The van der Waals surface area contributed by atoms with Gasteiger partial charge in [0.1, 0.15) is 5.75 Å². The van der Waals surface area contributed by atoms with E-state index in [1.165, 1.54) is 25.2 Å². The monoisotopic (exact) mass is 190 g/mol. The van der Waals surface area contributed by atoms with Crippen molar-refractivity contribution in [2.24, 2.45) is 11.8 Å². The number of rotatable bonds is 2. The number of nitrogens with zero attached hydrogens (tertiary/aromatic N) is 2. The summed E-state index contributed by atoms with van der Waals surface area (Å²) in [4.78, 5) is 6.58. The predicted molar refractivity (Wildman–Crippen MR) is 54.6 cm³/mol. The summed E-state index contributed by atoms with van der Waals surface area (Å²) >= 11 is 0. The van der Waals surface area contributed by atoms with E-state index in [-0.39, 0.29) is 0 Å². The molecule has 3 heteroatoms. The molecule has 0 radical (unpaired) electrons. The fourth-order valence-electron chi connectivity index (χ4n) is 2.30. The van der Waals surface area contributed by atoms with E-state index in [0.29, 0.717) is 0 Å². The first-order valence-corrected chi connectivity index (χ1v) is 5.11. The Labute approximate surface area is 83.7 Å². The van der Waals surface area contributed by atoms with Crippen molar-refractivity contribution in [3.05, 3.63) is 18.5 Å². The molecule has 0 bridgehead atoms. The minimum Gasteiger partial charge on any atom is -0.495 e. The second-order valence-corrected chi connectivity index (χ2v) is 4.24. The van der Waals surface area contributed by atoms with Crippen LogP contribution < -0.4 is 9.64 Å². The number of aromatic nitrogens is 1. The molecule has 1 saturated heterocycles. The maximum atomic E-state index is 5.16. The largest absolute Gasteiger partial charge is 0.495 e. The van der Waals surface area contributed by atoms with Crippen LogP contribution in [-0.4, -0.2) is 25.2 Å². The van der Waals surface area contributed by atoms with Crippen molar-refractivity contribution in [3.63, 3.8) is 0 Å². The Balaban J connectivity index is 1.81. The Bertz CT molecular complexity index is 343. The van der Waals surface area contributed by atoms with E-state index in [9.17, 15) is 0 Å². The molecular weight excluding hydrogens is 176 g/mol. The van der Waals surface area contributed by atoms with Gasteiger partial charge in [-0.1, -0.05) is 0 Å². The van der Waals surface area contributed by atoms with Crippen molar-refractivity contribution in [2.45, 2.75) is 6.42 Å². The highest BCUT2D eigenvalue weighted by Gasteiger charge is 2.45. The molecule has 2 atom stereocenters. The molecule has 14 heavy (non-hydrogen) atoms. The van der Waals surface area contributed by atoms with Gasteiger partial charge in [-0.25, -0.2) is 0 Å². The van der Waals surface area contributed by atoms with E-state index in [1.807, 2.05) is 6.20 Å². The van der Waals surface area contributed by atoms with Crippen LogP contribution in [0.4, 0.5) is 5.69 Å². The Morgan fingerprint density at radius 2 is 2.14 bits per heavy atom. The fourth-order valence-corrected chi connectivity index (χ4v) is 2.30. The maximum absolute atomic E-state index is 5.16. The number of hydrogen-bond acceptors (Lipinski definition) is 3. The second kappa shape index (κ2) is 2.87. The molecule has 1 aliphatic heterocycles. The van der Waals surface area contributed by atoms with Gasteiger partial charge in [-0.3, -0.25) is 4.98 Å². The van der Waals surface area contributed by atoms with E-state index < -0.39 is 0 Å².